The van der Waals surface area contributed by atoms with Crippen LogP contribution in [0.1, 0.15) is 61.3 Å². The number of thioether (sulfide) groups is 1. The number of nitro groups is 3. The standard InChI is InChI=1S/C32H36N10O12S/c1-32(2,3)14-22(43)36-21(30(47)48)15-55-13-12-20(29(45)46)37-26(44)24-19(38-31(34-16-33)35-17-8-6-5-7-9-17)11-10-18-23(24)25(40(49)50)28(42(53)54)39(4)27(18)41(51)52/h5-11,20-21,27H,12-15H2,1-4H3,(H,36,43)(H,37,44)(H,45,46)(H,47,48)(H2,34,35,38). The van der Waals surface area contributed by atoms with Crippen molar-refractivity contribution in [3.05, 3.63) is 95.3 Å². The van der Waals surface area contributed by atoms with E-state index in [9.17, 15) is 65.0 Å². The summed E-state index contributed by atoms with van der Waals surface area (Å²) in [5.74, 6) is -6.83. The molecule has 292 valence electrons. The summed E-state index contributed by atoms with van der Waals surface area (Å²) in [6.45, 7) is 5.36. The number of guanidine groups is 1. The first kappa shape index (κ1) is 42.6. The minimum Gasteiger partial charge on any atom is -0.480 e. The van der Waals surface area contributed by atoms with Gasteiger partial charge in [-0.05, 0) is 46.8 Å². The minimum absolute atomic E-state index is 0.0371. The molecular formula is C32H36N10O12S. The first-order valence-corrected chi connectivity index (χ1v) is 17.2. The second-order valence-corrected chi connectivity index (χ2v) is 14.1. The van der Waals surface area contributed by atoms with E-state index in [1.807, 2.05) is 0 Å². The molecule has 0 radical (unpaired) electrons. The van der Waals surface area contributed by atoms with Gasteiger partial charge in [0.05, 0.1) is 39.3 Å². The number of rotatable bonds is 16. The van der Waals surface area contributed by atoms with Crippen molar-refractivity contribution in [2.75, 3.05) is 23.9 Å². The molecule has 2 aromatic rings. The van der Waals surface area contributed by atoms with E-state index in [2.05, 4.69) is 26.3 Å². The Morgan fingerprint density at radius 3 is 2.15 bits per heavy atom. The van der Waals surface area contributed by atoms with Crippen molar-refractivity contribution in [2.45, 2.75) is 51.9 Å². The Hall–Kier alpha value is -6.83. The third-order valence-corrected chi connectivity index (χ3v) is 8.73. The molecule has 2 aromatic carbocycles. The summed E-state index contributed by atoms with van der Waals surface area (Å²) >= 11 is 0.939. The largest absolute Gasteiger partial charge is 0.480 e. The van der Waals surface area contributed by atoms with Gasteiger partial charge in [-0.15, -0.1) is 0 Å². The summed E-state index contributed by atoms with van der Waals surface area (Å²) in [6, 6.07) is 7.00. The molecule has 23 heteroatoms. The van der Waals surface area contributed by atoms with Gasteiger partial charge in [0.15, 0.2) is 6.19 Å². The lowest BCUT2D eigenvalue weighted by atomic mass is 9.91. The maximum absolute atomic E-state index is 14.1. The molecule has 0 saturated heterocycles. The van der Waals surface area contributed by atoms with Crippen LogP contribution in [0.4, 0.5) is 11.4 Å². The number of hydrogen-bond donors (Lipinski definition) is 6. The lowest BCUT2D eigenvalue weighted by Crippen LogP contribution is -2.44. The SMILES string of the molecule is CN1C([N+](=O)[O-])=C([N+](=O)[O-])c2c(ccc(N=C(NC#N)Nc3ccccc3)c2C(=O)NC(CCSCC(NC(=O)CC(C)(C)C)C(=O)O)C(=O)O)C1[N+](=O)[O-]. The van der Waals surface area contributed by atoms with Gasteiger partial charge in [-0.2, -0.15) is 21.9 Å². The maximum Gasteiger partial charge on any atom is 0.403 e. The Morgan fingerprint density at radius 1 is 0.982 bits per heavy atom. The second-order valence-electron chi connectivity index (χ2n) is 13.0. The third-order valence-electron chi connectivity index (χ3n) is 7.63. The van der Waals surface area contributed by atoms with Gasteiger partial charge in [0.25, 0.3) is 5.91 Å². The van der Waals surface area contributed by atoms with Crippen molar-refractivity contribution in [3.8, 4) is 6.19 Å². The van der Waals surface area contributed by atoms with Crippen molar-refractivity contribution in [1.82, 2.24) is 20.9 Å². The van der Waals surface area contributed by atoms with E-state index in [0.717, 1.165) is 30.9 Å². The highest BCUT2D eigenvalue weighted by molar-refractivity contribution is 7.99. The number of carboxylic acids is 2. The Bertz CT molecular complexity index is 1980. The van der Waals surface area contributed by atoms with Crippen LogP contribution < -0.4 is 21.3 Å². The van der Waals surface area contributed by atoms with E-state index in [0.29, 0.717) is 10.6 Å². The quantitative estimate of drug-likeness (QED) is 0.0271. The van der Waals surface area contributed by atoms with Crippen molar-refractivity contribution in [1.29, 1.82) is 5.26 Å². The number of aliphatic imine (C=N–C) groups is 1. The van der Waals surface area contributed by atoms with E-state index in [1.165, 1.54) is 0 Å². The van der Waals surface area contributed by atoms with Gasteiger partial charge >= 0.3 is 29.6 Å². The Kier molecular flexibility index (Phi) is 14.2. The number of carbonyl (C=O) groups excluding carboxylic acids is 2. The molecule has 22 nitrogen and oxygen atoms in total. The number of amides is 2. The van der Waals surface area contributed by atoms with Crippen LogP contribution in [0.5, 0.6) is 0 Å². The summed E-state index contributed by atoms with van der Waals surface area (Å²) in [5.41, 5.74) is -4.18. The third kappa shape index (κ3) is 11.1. The Balaban J connectivity index is 2.12. The average Bonchev–Trinajstić information content (AvgIpc) is 3.07. The molecule has 0 aromatic heterocycles. The smallest absolute Gasteiger partial charge is 0.403 e. The van der Waals surface area contributed by atoms with E-state index in [4.69, 9.17) is 0 Å². The molecule has 0 bridgehead atoms. The predicted octanol–water partition coefficient (Wildman–Crippen LogP) is 2.57. The molecule has 3 rings (SSSR count). The van der Waals surface area contributed by atoms with Gasteiger partial charge < -0.3 is 36.3 Å². The number of aliphatic carboxylic acids is 2. The number of anilines is 1. The summed E-state index contributed by atoms with van der Waals surface area (Å²) in [5, 5.41) is 75.5. The number of nitrogens with zero attached hydrogens (tertiary/aromatic N) is 6. The van der Waals surface area contributed by atoms with Crippen LogP contribution in [0.3, 0.4) is 0 Å². The normalized spacial score (nSPS) is 15.1. The molecule has 0 saturated carbocycles. The molecule has 1 aliphatic heterocycles. The van der Waals surface area contributed by atoms with Gasteiger partial charge in [0.2, 0.25) is 11.9 Å². The number of benzene rings is 2. The zero-order chi connectivity index (χ0) is 41.2. The molecule has 1 heterocycles. The van der Waals surface area contributed by atoms with Gasteiger partial charge in [-0.1, -0.05) is 39.0 Å². The molecule has 55 heavy (non-hydrogen) atoms. The number of nitriles is 1. The van der Waals surface area contributed by atoms with Crippen molar-refractivity contribution >= 4 is 58.5 Å². The molecule has 1 aliphatic rings. The fourth-order valence-corrected chi connectivity index (χ4v) is 6.39. The van der Waals surface area contributed by atoms with Crippen molar-refractivity contribution < 1.29 is 44.2 Å². The van der Waals surface area contributed by atoms with Gasteiger partial charge in [-0.3, -0.25) is 35.1 Å². The number of hydrogen-bond acceptors (Lipinski definition) is 14. The fraction of sp³-hybridized carbons (Fsp3) is 0.375. The lowest BCUT2D eigenvalue weighted by molar-refractivity contribution is -0.572. The maximum atomic E-state index is 14.1. The van der Waals surface area contributed by atoms with Crippen LogP contribution in [0.2, 0.25) is 0 Å². The highest BCUT2D eigenvalue weighted by Gasteiger charge is 2.53. The summed E-state index contributed by atoms with van der Waals surface area (Å²) in [4.78, 5) is 88.7. The van der Waals surface area contributed by atoms with Crippen LogP contribution >= 0.6 is 11.8 Å². The highest BCUT2D eigenvalue weighted by Crippen LogP contribution is 2.43. The van der Waals surface area contributed by atoms with E-state index >= 15 is 0 Å². The monoisotopic (exact) mass is 784 g/mol. The second kappa shape index (κ2) is 18.3. The minimum atomic E-state index is -2.12. The first-order valence-electron chi connectivity index (χ1n) is 16.0. The van der Waals surface area contributed by atoms with Crippen molar-refractivity contribution in [3.63, 3.8) is 0 Å². The van der Waals surface area contributed by atoms with Crippen LogP contribution in [0.15, 0.2) is 53.3 Å². The summed E-state index contributed by atoms with van der Waals surface area (Å²) < 4.78 is 0. The van der Waals surface area contributed by atoms with E-state index in [-0.39, 0.29) is 30.3 Å². The number of carbonyl (C=O) groups is 4. The number of carboxylic acid groups (broad SMARTS) is 2. The molecule has 3 unspecified atom stereocenters. The van der Waals surface area contributed by atoms with Gasteiger partial charge in [0, 0.05) is 17.9 Å². The number of nitrogens with one attached hydrogen (secondary N) is 4. The topological polar surface area (TPSA) is 326 Å². The first-order chi connectivity index (χ1) is 25.8. The number of para-hydroxylation sites is 1. The summed E-state index contributed by atoms with van der Waals surface area (Å²) in [6.07, 6.45) is -0.831. The highest BCUT2D eigenvalue weighted by atomic mass is 32.2. The number of fused-ring (bicyclic) bond motifs is 1. The lowest BCUT2D eigenvalue weighted by Gasteiger charge is -2.26. The van der Waals surface area contributed by atoms with Gasteiger partial charge in [0.1, 0.15) is 12.1 Å². The Morgan fingerprint density at radius 2 is 1.62 bits per heavy atom. The predicted molar refractivity (Wildman–Crippen MR) is 195 cm³/mol. The molecule has 0 spiro atoms. The van der Waals surface area contributed by atoms with E-state index < -0.39 is 96.1 Å². The molecule has 3 atom stereocenters. The molecule has 0 fully saturated rings. The molecule has 2 amide bonds. The fourth-order valence-electron chi connectivity index (χ4n) is 5.36. The van der Waals surface area contributed by atoms with Crippen molar-refractivity contribution in [2.24, 2.45) is 10.4 Å². The molecular weight excluding hydrogens is 748 g/mol. The summed E-state index contributed by atoms with van der Waals surface area (Å²) in [7, 11) is 0.881. The zero-order valence-corrected chi connectivity index (χ0v) is 30.5. The molecule has 6 N–H and O–H groups in total. The average molecular weight is 785 g/mol. The van der Waals surface area contributed by atoms with E-state index in [1.54, 1.807) is 57.3 Å². The van der Waals surface area contributed by atoms with Crippen LogP contribution in [0, 0.1) is 47.2 Å². The zero-order valence-electron chi connectivity index (χ0n) is 29.7. The van der Waals surface area contributed by atoms with Crippen LogP contribution in [0.25, 0.3) is 5.70 Å². The molecule has 0 aliphatic carbocycles. The van der Waals surface area contributed by atoms with Gasteiger partial charge in [-0.25, -0.2) is 14.6 Å². The van der Waals surface area contributed by atoms with Crippen LogP contribution in [-0.4, -0.2) is 90.2 Å². The Labute approximate surface area is 316 Å². The van der Waals surface area contributed by atoms with Crippen LogP contribution in [-0.2, 0) is 14.4 Å².